The second-order valence-corrected chi connectivity index (χ2v) is 8.32. The number of carbonyl (C=O) groups excluding carboxylic acids is 2. The smallest absolute Gasteiger partial charge is 0.223 e. The average Bonchev–Trinajstić information content (AvgIpc) is 3.13. The summed E-state index contributed by atoms with van der Waals surface area (Å²) < 4.78 is 0. The first-order valence-corrected chi connectivity index (χ1v) is 9.56. The van der Waals surface area contributed by atoms with Crippen molar-refractivity contribution in [1.29, 1.82) is 0 Å². The Morgan fingerprint density at radius 2 is 1.72 bits per heavy atom. The van der Waals surface area contributed by atoms with Crippen molar-refractivity contribution in [3.8, 4) is 0 Å². The van der Waals surface area contributed by atoms with Gasteiger partial charge in [-0.15, -0.1) is 0 Å². The predicted molar refractivity (Wildman–Crippen MR) is 95.1 cm³/mol. The molecule has 1 aromatic rings. The van der Waals surface area contributed by atoms with E-state index >= 15 is 0 Å². The van der Waals surface area contributed by atoms with Crippen LogP contribution in [0.2, 0.25) is 5.02 Å². The van der Waals surface area contributed by atoms with E-state index in [9.17, 15) is 9.59 Å². The molecule has 6 atom stereocenters. The van der Waals surface area contributed by atoms with Crippen molar-refractivity contribution in [3.63, 3.8) is 0 Å². The van der Waals surface area contributed by atoms with E-state index in [0.29, 0.717) is 22.9 Å². The van der Waals surface area contributed by atoms with Crippen molar-refractivity contribution < 1.29 is 9.59 Å². The number of amides is 2. The molecule has 3 saturated carbocycles. The van der Waals surface area contributed by atoms with E-state index in [2.05, 4.69) is 15.6 Å². The Balaban J connectivity index is 1.27. The molecule has 0 aromatic carbocycles. The third-order valence-corrected chi connectivity index (χ3v) is 6.42. The Morgan fingerprint density at radius 1 is 1.08 bits per heavy atom. The van der Waals surface area contributed by atoms with Crippen LogP contribution in [0.25, 0.3) is 0 Å². The number of pyridine rings is 1. The minimum atomic E-state index is 0.0486. The summed E-state index contributed by atoms with van der Waals surface area (Å²) in [6.07, 6.45) is 8.44. The highest BCUT2D eigenvalue weighted by Crippen LogP contribution is 2.50. The molecular formula is C19H24ClN3O2. The van der Waals surface area contributed by atoms with Crippen molar-refractivity contribution in [2.24, 2.45) is 17.8 Å². The Morgan fingerprint density at radius 3 is 2.32 bits per heavy atom. The summed E-state index contributed by atoms with van der Waals surface area (Å²) in [4.78, 5) is 27.8. The fourth-order valence-electron chi connectivity index (χ4n) is 4.96. The van der Waals surface area contributed by atoms with Gasteiger partial charge in [0.05, 0.1) is 5.02 Å². The van der Waals surface area contributed by atoms with Crippen molar-refractivity contribution in [2.45, 2.75) is 57.0 Å². The Kier molecular flexibility index (Phi) is 4.44. The first-order chi connectivity index (χ1) is 12.0. The van der Waals surface area contributed by atoms with Crippen molar-refractivity contribution in [1.82, 2.24) is 15.6 Å². The topological polar surface area (TPSA) is 71.1 Å². The normalized spacial score (nSPS) is 35.9. The lowest BCUT2D eigenvalue weighted by molar-refractivity contribution is -0.123. The SMILES string of the molecule is CC(=O)NC1C[C@@H]2CC(NC(=O)[C@@H]3C[C@H]3c3ccncc3Cl)C[C@@H]2C1. The Hall–Kier alpha value is -1.62. The van der Waals surface area contributed by atoms with Crippen LogP contribution in [0.15, 0.2) is 18.5 Å². The summed E-state index contributed by atoms with van der Waals surface area (Å²) in [7, 11) is 0. The molecule has 4 rings (SSSR count). The molecule has 2 unspecified atom stereocenters. The van der Waals surface area contributed by atoms with Crippen LogP contribution in [0.4, 0.5) is 0 Å². The zero-order valence-electron chi connectivity index (χ0n) is 14.4. The number of nitrogens with zero attached hydrogens (tertiary/aromatic N) is 1. The van der Waals surface area contributed by atoms with Gasteiger partial charge in [0, 0.05) is 37.3 Å². The predicted octanol–water partition coefficient (Wildman–Crippen LogP) is 2.65. The van der Waals surface area contributed by atoms with E-state index in [4.69, 9.17) is 11.6 Å². The number of rotatable bonds is 4. The molecular weight excluding hydrogens is 338 g/mol. The Bertz CT molecular complexity index is 681. The number of fused-ring (bicyclic) bond motifs is 1. The van der Waals surface area contributed by atoms with Crippen LogP contribution in [0, 0.1) is 17.8 Å². The Labute approximate surface area is 152 Å². The molecule has 0 aliphatic heterocycles. The molecule has 2 N–H and O–H groups in total. The molecule has 134 valence electrons. The third kappa shape index (κ3) is 3.52. The standard InChI is InChI=1S/C19H24ClN3O2/c1-10(24)22-13-4-11-6-14(7-12(11)5-13)23-19(25)17-8-16(17)15-2-3-21-9-18(15)20/h2-3,9,11-14,16-17H,4-8H2,1H3,(H,22,24)(H,23,25)/t11-,12+,13?,14?,16-,17+/m0/s1. The van der Waals surface area contributed by atoms with Gasteiger partial charge in [-0.05, 0) is 61.5 Å². The molecule has 5 nitrogen and oxygen atoms in total. The summed E-state index contributed by atoms with van der Waals surface area (Å²) in [6, 6.07) is 2.53. The largest absolute Gasteiger partial charge is 0.354 e. The van der Waals surface area contributed by atoms with Crippen LogP contribution < -0.4 is 10.6 Å². The van der Waals surface area contributed by atoms with Gasteiger partial charge in [-0.3, -0.25) is 14.6 Å². The minimum absolute atomic E-state index is 0.0486. The summed E-state index contributed by atoms with van der Waals surface area (Å²) in [5.74, 6) is 1.78. The van der Waals surface area contributed by atoms with E-state index in [-0.39, 0.29) is 29.7 Å². The van der Waals surface area contributed by atoms with Gasteiger partial charge in [-0.2, -0.15) is 0 Å². The molecule has 1 heterocycles. The number of hydrogen-bond donors (Lipinski definition) is 2. The molecule has 0 bridgehead atoms. The van der Waals surface area contributed by atoms with E-state index < -0.39 is 0 Å². The molecule has 3 fully saturated rings. The monoisotopic (exact) mass is 361 g/mol. The van der Waals surface area contributed by atoms with Crippen LogP contribution in [0.5, 0.6) is 0 Å². The third-order valence-electron chi connectivity index (χ3n) is 6.10. The number of hydrogen-bond acceptors (Lipinski definition) is 3. The highest BCUT2D eigenvalue weighted by Gasteiger charge is 2.47. The molecule has 6 heteroatoms. The molecule has 3 aliphatic rings. The molecule has 0 radical (unpaired) electrons. The first kappa shape index (κ1) is 16.8. The molecule has 25 heavy (non-hydrogen) atoms. The molecule has 1 aromatic heterocycles. The van der Waals surface area contributed by atoms with Crippen LogP contribution in [0.1, 0.15) is 50.5 Å². The van der Waals surface area contributed by atoms with E-state index in [1.807, 2.05) is 6.07 Å². The van der Waals surface area contributed by atoms with Gasteiger partial charge in [0.1, 0.15) is 0 Å². The maximum atomic E-state index is 12.6. The van der Waals surface area contributed by atoms with Gasteiger partial charge in [0.15, 0.2) is 0 Å². The number of halogens is 1. The van der Waals surface area contributed by atoms with Gasteiger partial charge < -0.3 is 10.6 Å². The fourth-order valence-corrected chi connectivity index (χ4v) is 5.22. The van der Waals surface area contributed by atoms with Gasteiger partial charge >= 0.3 is 0 Å². The van der Waals surface area contributed by atoms with Crippen LogP contribution in [0.3, 0.4) is 0 Å². The van der Waals surface area contributed by atoms with Crippen LogP contribution in [-0.2, 0) is 9.59 Å². The van der Waals surface area contributed by atoms with Crippen LogP contribution in [-0.4, -0.2) is 28.9 Å². The van der Waals surface area contributed by atoms with Crippen molar-refractivity contribution in [3.05, 3.63) is 29.0 Å². The number of aromatic nitrogens is 1. The average molecular weight is 362 g/mol. The minimum Gasteiger partial charge on any atom is -0.354 e. The number of carbonyl (C=O) groups is 2. The van der Waals surface area contributed by atoms with Crippen LogP contribution >= 0.6 is 11.6 Å². The lowest BCUT2D eigenvalue weighted by Gasteiger charge is -2.17. The van der Waals surface area contributed by atoms with E-state index in [1.165, 1.54) is 0 Å². The molecule has 3 aliphatic carbocycles. The summed E-state index contributed by atoms with van der Waals surface area (Å²) >= 11 is 6.19. The maximum absolute atomic E-state index is 12.6. The van der Waals surface area contributed by atoms with E-state index in [0.717, 1.165) is 37.7 Å². The van der Waals surface area contributed by atoms with Gasteiger partial charge in [0.25, 0.3) is 0 Å². The first-order valence-electron chi connectivity index (χ1n) is 9.18. The highest BCUT2D eigenvalue weighted by atomic mass is 35.5. The van der Waals surface area contributed by atoms with Gasteiger partial charge in [0.2, 0.25) is 11.8 Å². The molecule has 0 spiro atoms. The summed E-state index contributed by atoms with van der Waals surface area (Å²) in [5.41, 5.74) is 1.04. The fraction of sp³-hybridized carbons (Fsp3) is 0.632. The quantitative estimate of drug-likeness (QED) is 0.866. The lowest BCUT2D eigenvalue weighted by Crippen LogP contribution is -2.36. The van der Waals surface area contributed by atoms with E-state index in [1.54, 1.807) is 19.3 Å². The zero-order valence-corrected chi connectivity index (χ0v) is 15.1. The second kappa shape index (κ2) is 6.60. The maximum Gasteiger partial charge on any atom is 0.223 e. The number of nitrogens with one attached hydrogen (secondary N) is 2. The molecule has 2 amide bonds. The summed E-state index contributed by atoms with van der Waals surface area (Å²) in [6.45, 7) is 1.58. The second-order valence-electron chi connectivity index (χ2n) is 7.91. The van der Waals surface area contributed by atoms with Gasteiger partial charge in [-0.1, -0.05) is 11.6 Å². The zero-order chi connectivity index (χ0) is 17.6. The van der Waals surface area contributed by atoms with Gasteiger partial charge in [-0.25, -0.2) is 0 Å². The van der Waals surface area contributed by atoms with Crippen molar-refractivity contribution in [2.75, 3.05) is 0 Å². The highest BCUT2D eigenvalue weighted by molar-refractivity contribution is 6.31. The van der Waals surface area contributed by atoms with Crippen molar-refractivity contribution >= 4 is 23.4 Å². The summed E-state index contributed by atoms with van der Waals surface area (Å²) in [5, 5.41) is 6.95. The lowest BCUT2D eigenvalue weighted by atomic mass is 10.0. The molecule has 0 saturated heterocycles.